The van der Waals surface area contributed by atoms with Gasteiger partial charge >= 0.3 is 23.9 Å². The van der Waals surface area contributed by atoms with Crippen molar-refractivity contribution in [3.05, 3.63) is 54.1 Å². The predicted octanol–water partition coefficient (Wildman–Crippen LogP) is -6.12. The number of imidazole rings is 1. The number of amides is 7. The lowest BCUT2D eigenvalue weighted by atomic mass is 10.0. The summed E-state index contributed by atoms with van der Waals surface area (Å²) in [5, 5.41) is 62.5. The Kier molecular flexibility index (Phi) is 23.7. The van der Waals surface area contributed by atoms with Gasteiger partial charge in [0, 0.05) is 37.7 Å². The molecule has 69 heavy (non-hydrogen) atoms. The molecule has 0 unspecified atom stereocenters. The Morgan fingerprint density at radius 2 is 1.13 bits per heavy atom. The Balaban J connectivity index is 2.51. The van der Waals surface area contributed by atoms with Gasteiger partial charge in [-0.2, -0.15) is 0 Å². The van der Waals surface area contributed by atoms with E-state index in [1.807, 2.05) is 5.32 Å². The maximum absolute atomic E-state index is 14.3. The van der Waals surface area contributed by atoms with Crippen molar-refractivity contribution in [2.24, 2.45) is 22.2 Å². The highest BCUT2D eigenvalue weighted by molar-refractivity contribution is 5.98. The fraction of sp³-hybridized carbons (Fsp3) is 0.475. The summed E-state index contributed by atoms with van der Waals surface area (Å²) in [7, 11) is 0. The summed E-state index contributed by atoms with van der Waals surface area (Å²) >= 11 is 0. The van der Waals surface area contributed by atoms with Crippen LogP contribution in [0.25, 0.3) is 0 Å². The van der Waals surface area contributed by atoms with Gasteiger partial charge < -0.3 is 84.9 Å². The maximum Gasteiger partial charge on any atom is 0.328 e. The normalized spacial score (nSPS) is 14.2. The standard InChI is InChI=1S/C40H57N13O16/c1-19(47-33(62)22(41)14-30(57)58)32(61)48-24(9-10-29(55)56)35(64)50-25(12-20-6-3-2-4-7-20)36(65)49-23(8-5-11-45-40(42)43)34(63)51-26(13-21-16-44-18-46-21)37(66)52-27(15-31(59)60)38(67)53-28(17-54)39(68)69/h2-4,6-7,16,18-19,22-28,54H,5,8-15,17,41H2,1H3,(H,44,46)(H,47,62)(H,48,61)(H,49,65)(H,50,64)(H,51,63)(H,52,66)(H,53,67)(H,55,56)(H,57,58)(H,59,60)(H,68,69)(H4,42,43,45)/t19-,22-,23-,24-,25-,26-,27-,28-/m0/s1. The number of nitrogens with one attached hydrogen (secondary N) is 8. The number of nitrogens with zero attached hydrogens (tertiary/aromatic N) is 2. The average molecular weight is 976 g/mol. The number of aliphatic hydroxyl groups excluding tert-OH is 1. The molecule has 0 aliphatic heterocycles. The van der Waals surface area contributed by atoms with Gasteiger partial charge in [-0.05, 0) is 31.7 Å². The molecule has 378 valence electrons. The molecule has 1 aromatic carbocycles. The number of benzene rings is 1. The van der Waals surface area contributed by atoms with Gasteiger partial charge in [-0.3, -0.25) is 52.9 Å². The molecule has 2 aromatic rings. The number of aliphatic hydroxyl groups is 1. The second kappa shape index (κ2) is 28.7. The van der Waals surface area contributed by atoms with Gasteiger partial charge in [0.25, 0.3) is 0 Å². The Labute approximate surface area is 392 Å². The highest BCUT2D eigenvalue weighted by atomic mass is 16.4. The average Bonchev–Trinajstić information content (AvgIpc) is 3.79. The first-order valence-corrected chi connectivity index (χ1v) is 20.9. The molecule has 29 nitrogen and oxygen atoms in total. The van der Waals surface area contributed by atoms with Crippen LogP contribution in [-0.2, 0) is 65.6 Å². The number of carboxylic acids is 4. The second-order valence-electron chi connectivity index (χ2n) is 15.3. The molecule has 0 radical (unpaired) electrons. The number of hydrogen-bond donors (Lipinski definition) is 16. The molecule has 0 bridgehead atoms. The van der Waals surface area contributed by atoms with Crippen LogP contribution in [0.15, 0.2) is 47.8 Å². The van der Waals surface area contributed by atoms with E-state index in [0.29, 0.717) is 5.56 Å². The number of carboxylic acid groups (broad SMARTS) is 4. The van der Waals surface area contributed by atoms with Crippen molar-refractivity contribution in [2.45, 2.75) is 107 Å². The van der Waals surface area contributed by atoms with E-state index >= 15 is 0 Å². The summed E-state index contributed by atoms with van der Waals surface area (Å²) in [5.41, 5.74) is 17.2. The first-order valence-electron chi connectivity index (χ1n) is 20.9. The van der Waals surface area contributed by atoms with E-state index in [0.717, 1.165) is 0 Å². The largest absolute Gasteiger partial charge is 0.481 e. The Bertz CT molecular complexity index is 2150. The summed E-state index contributed by atoms with van der Waals surface area (Å²) in [6, 6.07) is -5.15. The van der Waals surface area contributed by atoms with Crippen molar-refractivity contribution in [1.82, 2.24) is 47.2 Å². The van der Waals surface area contributed by atoms with Crippen LogP contribution in [0.1, 0.15) is 56.7 Å². The molecule has 2 rings (SSSR count). The minimum Gasteiger partial charge on any atom is -0.481 e. The number of carbonyl (C=O) groups is 11. The van der Waals surface area contributed by atoms with Gasteiger partial charge in [-0.25, -0.2) is 9.78 Å². The van der Waals surface area contributed by atoms with Crippen LogP contribution in [0.3, 0.4) is 0 Å². The fourth-order valence-corrected chi connectivity index (χ4v) is 6.09. The van der Waals surface area contributed by atoms with Gasteiger partial charge in [0.15, 0.2) is 5.96 Å². The lowest BCUT2D eigenvalue weighted by Gasteiger charge is -2.27. The fourth-order valence-electron chi connectivity index (χ4n) is 6.09. The van der Waals surface area contributed by atoms with E-state index in [4.69, 9.17) is 22.3 Å². The van der Waals surface area contributed by atoms with Crippen molar-refractivity contribution in [1.29, 1.82) is 0 Å². The molecule has 1 heterocycles. The number of aromatic amines is 1. The van der Waals surface area contributed by atoms with E-state index in [1.165, 1.54) is 19.4 Å². The SMILES string of the molecule is C[C@H](NC(=O)[C@@H](N)CC(=O)O)C(=O)N[C@@H](CCC(=O)O)C(=O)N[C@@H](Cc1ccccc1)C(=O)N[C@@H](CCCN=C(N)N)C(=O)N[C@@H](Cc1cnc[nH]1)C(=O)N[C@@H](CC(=O)O)C(=O)N[C@@H](CO)C(=O)O. The van der Waals surface area contributed by atoms with Crippen LogP contribution in [0.2, 0.25) is 0 Å². The molecule has 7 amide bonds. The smallest absolute Gasteiger partial charge is 0.328 e. The van der Waals surface area contributed by atoms with Crippen molar-refractivity contribution < 1.29 is 78.3 Å². The molecule has 8 atom stereocenters. The number of guanidine groups is 1. The van der Waals surface area contributed by atoms with Crippen LogP contribution in [0.5, 0.6) is 0 Å². The van der Waals surface area contributed by atoms with E-state index < -0.39 is 146 Å². The lowest BCUT2D eigenvalue weighted by Crippen LogP contribution is -2.60. The third-order valence-electron chi connectivity index (χ3n) is 9.68. The van der Waals surface area contributed by atoms with Gasteiger partial charge in [0.2, 0.25) is 41.4 Å². The van der Waals surface area contributed by atoms with E-state index in [1.54, 1.807) is 30.3 Å². The highest BCUT2D eigenvalue weighted by Gasteiger charge is 2.35. The van der Waals surface area contributed by atoms with Crippen molar-refractivity contribution in [3.63, 3.8) is 0 Å². The van der Waals surface area contributed by atoms with Crippen molar-refractivity contribution >= 4 is 71.2 Å². The molecule has 29 heteroatoms. The summed E-state index contributed by atoms with van der Waals surface area (Å²) < 4.78 is 0. The van der Waals surface area contributed by atoms with Crippen LogP contribution in [-0.4, -0.2) is 168 Å². The number of aliphatic imine (C=N–C) groups is 1. The van der Waals surface area contributed by atoms with Crippen LogP contribution in [0.4, 0.5) is 0 Å². The zero-order chi connectivity index (χ0) is 51.8. The van der Waals surface area contributed by atoms with Gasteiger partial charge in [-0.1, -0.05) is 30.3 Å². The number of H-pyrrole nitrogens is 1. The van der Waals surface area contributed by atoms with Crippen LogP contribution >= 0.6 is 0 Å². The Morgan fingerprint density at radius 1 is 0.623 bits per heavy atom. The number of hydrogen-bond acceptors (Lipinski definition) is 15. The Hall–Kier alpha value is -8.21. The van der Waals surface area contributed by atoms with Crippen LogP contribution < -0.4 is 54.4 Å². The molecular formula is C40H57N13O16. The molecule has 0 aliphatic carbocycles. The molecule has 1 aromatic heterocycles. The number of rotatable bonds is 31. The Morgan fingerprint density at radius 3 is 1.65 bits per heavy atom. The zero-order valence-electron chi connectivity index (χ0n) is 37.1. The van der Waals surface area contributed by atoms with Gasteiger partial charge in [-0.15, -0.1) is 0 Å². The summed E-state index contributed by atoms with van der Waals surface area (Å²) in [6.07, 6.45) is -1.39. The lowest BCUT2D eigenvalue weighted by molar-refractivity contribution is -0.144. The number of carbonyl (C=O) groups excluding carboxylic acids is 7. The molecule has 0 saturated carbocycles. The zero-order valence-corrected chi connectivity index (χ0v) is 37.1. The van der Waals surface area contributed by atoms with E-state index in [9.17, 15) is 73.2 Å². The van der Waals surface area contributed by atoms with E-state index in [2.05, 4.69) is 46.9 Å². The molecule has 19 N–H and O–H groups in total. The minimum absolute atomic E-state index is 0.0130. The summed E-state index contributed by atoms with van der Waals surface area (Å²) in [6.45, 7) is 0.0217. The van der Waals surface area contributed by atoms with E-state index in [-0.39, 0.29) is 43.9 Å². The van der Waals surface area contributed by atoms with Gasteiger partial charge in [0.05, 0.1) is 31.8 Å². The third-order valence-corrected chi connectivity index (χ3v) is 9.68. The maximum atomic E-state index is 14.3. The first kappa shape index (κ1) is 56.9. The third kappa shape index (κ3) is 21.3. The first-order chi connectivity index (χ1) is 32.5. The van der Waals surface area contributed by atoms with Crippen molar-refractivity contribution in [2.75, 3.05) is 13.2 Å². The second-order valence-corrected chi connectivity index (χ2v) is 15.3. The summed E-state index contributed by atoms with van der Waals surface area (Å²) in [4.78, 5) is 151. The predicted molar refractivity (Wildman–Crippen MR) is 236 cm³/mol. The monoisotopic (exact) mass is 975 g/mol. The quantitative estimate of drug-likeness (QED) is 0.0190. The minimum atomic E-state index is -1.94. The molecule has 0 fully saturated rings. The van der Waals surface area contributed by atoms with Gasteiger partial charge in [0.1, 0.15) is 42.3 Å². The number of aromatic nitrogens is 2. The molecule has 0 saturated heterocycles. The summed E-state index contributed by atoms with van der Waals surface area (Å²) in [5.74, 6) is -14.0. The number of nitrogens with two attached hydrogens (primary N) is 3. The molecule has 0 spiro atoms. The van der Waals surface area contributed by atoms with Crippen LogP contribution in [0, 0.1) is 0 Å². The number of aliphatic carboxylic acids is 4. The molecule has 0 aliphatic rings. The molecular weight excluding hydrogens is 919 g/mol. The topological polar surface area (TPSA) is 492 Å². The highest BCUT2D eigenvalue weighted by Crippen LogP contribution is 2.10. The van der Waals surface area contributed by atoms with Crippen molar-refractivity contribution in [3.8, 4) is 0 Å².